The van der Waals surface area contributed by atoms with Crippen molar-refractivity contribution in [1.29, 1.82) is 0 Å². The van der Waals surface area contributed by atoms with Crippen molar-refractivity contribution < 1.29 is 23.4 Å². The molecule has 0 aliphatic heterocycles. The molecule has 1 N–H and O–H groups in total. The number of hydrogen-bond acceptors (Lipinski definition) is 6. The smallest absolute Gasteiger partial charge is 0.255 e. The minimum absolute atomic E-state index is 0.307. The Labute approximate surface area is 225 Å². The zero-order valence-corrected chi connectivity index (χ0v) is 23.2. The van der Waals surface area contributed by atoms with E-state index in [1.165, 1.54) is 0 Å². The number of hydrogen-bond donors (Lipinski definition) is 1. The number of carbonyl (C=O) groups is 1. The van der Waals surface area contributed by atoms with E-state index >= 15 is 0 Å². The van der Waals surface area contributed by atoms with Gasteiger partial charge in [-0.05, 0) is 108 Å². The van der Waals surface area contributed by atoms with Gasteiger partial charge in [-0.2, -0.15) is 0 Å². The number of halogens is 2. The number of oxazole rings is 1. The van der Waals surface area contributed by atoms with Crippen LogP contribution in [0, 0.1) is 3.57 Å². The van der Waals surface area contributed by atoms with Crippen molar-refractivity contribution in [3.8, 4) is 28.7 Å². The van der Waals surface area contributed by atoms with E-state index in [9.17, 15) is 4.79 Å². The average Bonchev–Trinajstić information content (AvgIpc) is 3.26. The average molecular weight is 651 g/mol. The van der Waals surface area contributed by atoms with Gasteiger partial charge in [0.2, 0.25) is 11.6 Å². The lowest BCUT2D eigenvalue weighted by atomic mass is 10.1. The molecule has 0 unspecified atom stereocenters. The first kappa shape index (κ1) is 25.3. The summed E-state index contributed by atoms with van der Waals surface area (Å²) in [6.45, 7) is 6.94. The molecule has 0 bridgehead atoms. The van der Waals surface area contributed by atoms with Crippen molar-refractivity contribution in [1.82, 2.24) is 4.98 Å². The van der Waals surface area contributed by atoms with Gasteiger partial charge in [-0.1, -0.05) is 0 Å². The first-order valence-electron chi connectivity index (χ1n) is 11.2. The molecule has 0 spiro atoms. The third kappa shape index (κ3) is 5.72. The molecular weight excluding hydrogens is 627 g/mol. The molecule has 9 heteroatoms. The molecule has 7 nitrogen and oxygen atoms in total. The largest absolute Gasteiger partial charge is 0.490 e. The summed E-state index contributed by atoms with van der Waals surface area (Å²) in [5, 5.41) is 2.93. The van der Waals surface area contributed by atoms with Gasteiger partial charge in [-0.25, -0.2) is 4.98 Å². The Morgan fingerprint density at radius 2 is 1.66 bits per heavy atom. The molecule has 4 rings (SSSR count). The van der Waals surface area contributed by atoms with Crippen LogP contribution in [0.2, 0.25) is 0 Å². The maximum Gasteiger partial charge on any atom is 0.255 e. The van der Waals surface area contributed by atoms with Gasteiger partial charge in [0.25, 0.3) is 5.91 Å². The molecule has 182 valence electrons. The van der Waals surface area contributed by atoms with Crippen molar-refractivity contribution in [3.63, 3.8) is 0 Å². The Morgan fingerprint density at radius 1 is 0.971 bits per heavy atom. The van der Waals surface area contributed by atoms with Crippen LogP contribution in [0.1, 0.15) is 31.1 Å². The monoisotopic (exact) mass is 650 g/mol. The summed E-state index contributed by atoms with van der Waals surface area (Å²) in [6.07, 6.45) is 0. The fraction of sp³-hybridized carbons (Fsp3) is 0.231. The van der Waals surface area contributed by atoms with E-state index in [4.69, 9.17) is 18.6 Å². The summed E-state index contributed by atoms with van der Waals surface area (Å²) in [5.41, 5.74) is 3.11. The highest BCUT2D eigenvalue weighted by molar-refractivity contribution is 14.1. The summed E-state index contributed by atoms with van der Waals surface area (Å²) < 4.78 is 25.1. The Morgan fingerprint density at radius 3 is 2.31 bits per heavy atom. The number of nitrogens with zero attached hydrogens (tertiary/aromatic N) is 1. The normalized spacial score (nSPS) is 10.9. The number of carbonyl (C=O) groups excluding carboxylic acids is 1. The van der Waals surface area contributed by atoms with Crippen LogP contribution in [-0.4, -0.2) is 30.7 Å². The molecule has 0 saturated heterocycles. The standard InChI is InChI=1S/C26H24BrIN2O5/c1-4-32-22-11-15(12-23(33-5-2)24(22)34-6-3)25(31)29-17-8-10-21-20(14-17)30-26(35-21)18-13-16(28)7-9-19(18)27/h7-14H,4-6H2,1-3H3,(H,29,31). The van der Waals surface area contributed by atoms with Gasteiger partial charge in [0.05, 0.1) is 25.4 Å². The molecular formula is C26H24BrIN2O5. The van der Waals surface area contributed by atoms with Crippen molar-refractivity contribution in [2.45, 2.75) is 20.8 Å². The molecule has 4 aromatic rings. The van der Waals surface area contributed by atoms with Crippen LogP contribution < -0.4 is 19.5 Å². The van der Waals surface area contributed by atoms with Crippen molar-refractivity contribution in [2.75, 3.05) is 25.1 Å². The van der Waals surface area contributed by atoms with Crippen LogP contribution >= 0.6 is 38.5 Å². The Bertz CT molecular complexity index is 1340. The number of ether oxygens (including phenoxy) is 3. The highest BCUT2D eigenvalue weighted by atomic mass is 127. The second-order valence-electron chi connectivity index (χ2n) is 7.38. The van der Waals surface area contributed by atoms with E-state index in [-0.39, 0.29) is 5.91 Å². The number of benzene rings is 3. The lowest BCUT2D eigenvalue weighted by Crippen LogP contribution is -2.13. The quantitative estimate of drug-likeness (QED) is 0.191. The molecule has 0 radical (unpaired) electrons. The molecule has 1 heterocycles. The van der Waals surface area contributed by atoms with Gasteiger partial charge in [0, 0.05) is 19.3 Å². The van der Waals surface area contributed by atoms with Crippen LogP contribution in [0.5, 0.6) is 17.2 Å². The maximum atomic E-state index is 13.1. The second kappa shape index (κ2) is 11.3. The van der Waals surface area contributed by atoms with Crippen LogP contribution in [0.4, 0.5) is 5.69 Å². The zero-order chi connectivity index (χ0) is 24.9. The van der Waals surface area contributed by atoms with E-state index in [1.54, 1.807) is 30.3 Å². The lowest BCUT2D eigenvalue weighted by Gasteiger charge is -2.17. The summed E-state index contributed by atoms with van der Waals surface area (Å²) in [5.74, 6) is 1.61. The topological polar surface area (TPSA) is 82.8 Å². The predicted molar refractivity (Wildman–Crippen MR) is 148 cm³/mol. The van der Waals surface area contributed by atoms with E-state index in [1.807, 2.05) is 39.0 Å². The minimum atomic E-state index is -0.307. The Hall–Kier alpha value is -2.79. The highest BCUT2D eigenvalue weighted by Gasteiger charge is 2.19. The summed E-state index contributed by atoms with van der Waals surface area (Å²) in [6, 6.07) is 14.6. The second-order valence-corrected chi connectivity index (χ2v) is 9.48. The van der Waals surface area contributed by atoms with Crippen LogP contribution in [0.25, 0.3) is 22.6 Å². The molecule has 3 aromatic carbocycles. The number of fused-ring (bicyclic) bond motifs is 1. The molecule has 35 heavy (non-hydrogen) atoms. The molecule has 0 saturated carbocycles. The van der Waals surface area contributed by atoms with Crippen molar-refractivity contribution in [2.24, 2.45) is 0 Å². The number of nitrogens with one attached hydrogen (secondary N) is 1. The molecule has 0 fully saturated rings. The lowest BCUT2D eigenvalue weighted by molar-refractivity contribution is 0.102. The summed E-state index contributed by atoms with van der Waals surface area (Å²) in [7, 11) is 0. The first-order chi connectivity index (χ1) is 16.9. The molecule has 0 atom stereocenters. The Balaban J connectivity index is 1.63. The van der Waals surface area contributed by atoms with E-state index < -0.39 is 0 Å². The fourth-order valence-corrected chi connectivity index (χ4v) is 4.41. The molecule has 0 aliphatic rings. The fourth-order valence-electron chi connectivity index (χ4n) is 3.50. The number of anilines is 1. The van der Waals surface area contributed by atoms with Gasteiger partial charge in [0.15, 0.2) is 17.1 Å². The van der Waals surface area contributed by atoms with E-state index in [0.717, 1.165) is 13.6 Å². The van der Waals surface area contributed by atoms with E-state index in [2.05, 4.69) is 48.8 Å². The summed E-state index contributed by atoms with van der Waals surface area (Å²) >= 11 is 5.81. The van der Waals surface area contributed by atoms with Crippen molar-refractivity contribution >= 4 is 61.2 Å². The SMILES string of the molecule is CCOc1cc(C(=O)Nc2ccc3oc(-c4cc(I)ccc4Br)nc3c2)cc(OCC)c1OCC. The number of amides is 1. The van der Waals surface area contributed by atoms with Gasteiger partial charge >= 0.3 is 0 Å². The number of rotatable bonds is 9. The van der Waals surface area contributed by atoms with Gasteiger partial charge < -0.3 is 23.9 Å². The van der Waals surface area contributed by atoms with Crippen LogP contribution in [-0.2, 0) is 0 Å². The van der Waals surface area contributed by atoms with Gasteiger partial charge in [-0.3, -0.25) is 4.79 Å². The Kier molecular flexibility index (Phi) is 8.17. The van der Waals surface area contributed by atoms with Gasteiger partial charge in [0.1, 0.15) is 5.52 Å². The third-order valence-electron chi connectivity index (χ3n) is 4.98. The summed E-state index contributed by atoms with van der Waals surface area (Å²) in [4.78, 5) is 17.8. The van der Waals surface area contributed by atoms with Crippen LogP contribution in [0.3, 0.4) is 0 Å². The first-order valence-corrected chi connectivity index (χ1v) is 13.0. The molecule has 1 aromatic heterocycles. The predicted octanol–water partition coefficient (Wildman–Crippen LogP) is 7.31. The van der Waals surface area contributed by atoms with E-state index in [0.29, 0.717) is 65.3 Å². The maximum absolute atomic E-state index is 13.1. The molecule has 0 aliphatic carbocycles. The molecule has 1 amide bonds. The minimum Gasteiger partial charge on any atom is -0.490 e. The number of aromatic nitrogens is 1. The van der Waals surface area contributed by atoms with Gasteiger partial charge in [-0.15, -0.1) is 0 Å². The third-order valence-corrected chi connectivity index (χ3v) is 6.34. The van der Waals surface area contributed by atoms with Crippen molar-refractivity contribution in [3.05, 3.63) is 62.1 Å². The highest BCUT2D eigenvalue weighted by Crippen LogP contribution is 2.39. The zero-order valence-electron chi connectivity index (χ0n) is 19.5. The van der Waals surface area contributed by atoms with Crippen LogP contribution in [0.15, 0.2) is 57.4 Å².